The third-order valence-electron chi connectivity index (χ3n) is 3.01. The molecular weight excluding hydrogens is 264 g/mol. The van der Waals surface area contributed by atoms with Crippen LogP contribution in [0.3, 0.4) is 0 Å². The van der Waals surface area contributed by atoms with E-state index in [4.69, 9.17) is 5.73 Å². The van der Waals surface area contributed by atoms with Crippen LogP contribution in [0.1, 0.15) is 10.4 Å². The zero-order chi connectivity index (χ0) is 14.7. The molecule has 21 heavy (non-hydrogen) atoms. The Balaban J connectivity index is 1.77. The van der Waals surface area contributed by atoms with Crippen LogP contribution in [-0.4, -0.2) is 15.7 Å². The van der Waals surface area contributed by atoms with Gasteiger partial charge in [-0.2, -0.15) is 5.10 Å². The first-order valence-electron chi connectivity index (χ1n) is 6.49. The number of hydrogen-bond acceptors (Lipinski definition) is 3. The van der Waals surface area contributed by atoms with Crippen molar-refractivity contribution in [1.82, 2.24) is 9.78 Å². The summed E-state index contributed by atoms with van der Waals surface area (Å²) in [5.74, 6) is -0.213. The minimum absolute atomic E-state index is 0.213. The number of aromatic nitrogens is 2. The summed E-state index contributed by atoms with van der Waals surface area (Å²) < 4.78 is 1.70. The summed E-state index contributed by atoms with van der Waals surface area (Å²) in [5, 5.41) is 7.03. The minimum atomic E-state index is -0.213. The number of rotatable bonds is 3. The highest BCUT2D eigenvalue weighted by Gasteiger charge is 2.08. The molecule has 0 saturated carbocycles. The fraction of sp³-hybridized carbons (Fsp3) is 0. The summed E-state index contributed by atoms with van der Waals surface area (Å²) in [4.78, 5) is 12.1. The van der Waals surface area contributed by atoms with E-state index >= 15 is 0 Å². The van der Waals surface area contributed by atoms with Gasteiger partial charge in [0, 0.05) is 11.3 Å². The van der Waals surface area contributed by atoms with E-state index in [0.717, 1.165) is 5.69 Å². The molecule has 0 aliphatic heterocycles. The summed E-state index contributed by atoms with van der Waals surface area (Å²) in [5.41, 5.74) is 8.31. The zero-order valence-electron chi connectivity index (χ0n) is 11.2. The van der Waals surface area contributed by atoms with Crippen LogP contribution in [0.4, 0.5) is 11.4 Å². The Bertz CT molecular complexity index is 765. The molecular formula is C16H14N4O. The van der Waals surface area contributed by atoms with E-state index in [1.165, 1.54) is 0 Å². The van der Waals surface area contributed by atoms with Crippen LogP contribution in [-0.2, 0) is 0 Å². The van der Waals surface area contributed by atoms with Gasteiger partial charge in [-0.15, -0.1) is 0 Å². The van der Waals surface area contributed by atoms with Gasteiger partial charge in [-0.3, -0.25) is 4.79 Å². The number of para-hydroxylation sites is 1. The van der Waals surface area contributed by atoms with Crippen molar-refractivity contribution in [3.8, 4) is 5.69 Å². The lowest BCUT2D eigenvalue weighted by molar-refractivity contribution is 0.102. The Labute approximate surface area is 122 Å². The normalized spacial score (nSPS) is 10.3. The number of benzene rings is 2. The van der Waals surface area contributed by atoms with Crippen molar-refractivity contribution < 1.29 is 4.79 Å². The molecule has 3 rings (SSSR count). The summed E-state index contributed by atoms with van der Waals surface area (Å²) >= 11 is 0. The van der Waals surface area contributed by atoms with Crippen LogP contribution < -0.4 is 11.1 Å². The first-order chi connectivity index (χ1) is 10.2. The van der Waals surface area contributed by atoms with Gasteiger partial charge in [0.15, 0.2) is 0 Å². The molecule has 1 aromatic heterocycles. The maximum absolute atomic E-state index is 12.1. The van der Waals surface area contributed by atoms with Crippen molar-refractivity contribution in [2.75, 3.05) is 11.1 Å². The van der Waals surface area contributed by atoms with E-state index in [1.54, 1.807) is 41.3 Å². The van der Waals surface area contributed by atoms with E-state index in [1.807, 2.05) is 30.3 Å². The van der Waals surface area contributed by atoms with Crippen LogP contribution >= 0.6 is 0 Å². The Kier molecular flexibility index (Phi) is 3.39. The molecule has 0 aliphatic carbocycles. The first-order valence-corrected chi connectivity index (χ1v) is 6.49. The Morgan fingerprint density at radius 2 is 1.90 bits per heavy atom. The van der Waals surface area contributed by atoms with E-state index < -0.39 is 0 Å². The van der Waals surface area contributed by atoms with Gasteiger partial charge >= 0.3 is 0 Å². The maximum atomic E-state index is 12.1. The molecule has 0 aliphatic rings. The molecule has 2 aromatic carbocycles. The molecule has 3 aromatic rings. The smallest absolute Gasteiger partial charge is 0.255 e. The van der Waals surface area contributed by atoms with Crippen molar-refractivity contribution in [2.24, 2.45) is 0 Å². The van der Waals surface area contributed by atoms with Crippen LogP contribution in [0.5, 0.6) is 0 Å². The summed E-state index contributed by atoms with van der Waals surface area (Å²) in [6, 6.07) is 16.5. The molecule has 1 heterocycles. The van der Waals surface area contributed by atoms with Gasteiger partial charge in [-0.25, -0.2) is 4.68 Å². The van der Waals surface area contributed by atoms with Crippen molar-refractivity contribution >= 4 is 17.3 Å². The van der Waals surface area contributed by atoms with E-state index in [-0.39, 0.29) is 5.91 Å². The molecule has 3 N–H and O–H groups in total. The fourth-order valence-corrected chi connectivity index (χ4v) is 1.99. The van der Waals surface area contributed by atoms with Crippen molar-refractivity contribution in [3.05, 3.63) is 72.6 Å². The van der Waals surface area contributed by atoms with Crippen molar-refractivity contribution in [3.63, 3.8) is 0 Å². The van der Waals surface area contributed by atoms with Crippen LogP contribution in [0.25, 0.3) is 5.69 Å². The van der Waals surface area contributed by atoms with Gasteiger partial charge in [0.1, 0.15) is 0 Å². The number of nitrogens with one attached hydrogen (secondary N) is 1. The highest BCUT2D eigenvalue weighted by atomic mass is 16.1. The lowest BCUT2D eigenvalue weighted by Crippen LogP contribution is -2.11. The molecule has 0 radical (unpaired) electrons. The van der Waals surface area contributed by atoms with Crippen LogP contribution in [0.15, 0.2) is 67.0 Å². The number of amides is 1. The van der Waals surface area contributed by atoms with Gasteiger partial charge in [0.05, 0.1) is 23.8 Å². The Hall–Kier alpha value is -3.08. The molecule has 0 atom stereocenters. The highest BCUT2D eigenvalue weighted by Crippen LogP contribution is 2.13. The molecule has 0 saturated heterocycles. The van der Waals surface area contributed by atoms with E-state index in [0.29, 0.717) is 16.9 Å². The molecule has 5 nitrogen and oxygen atoms in total. The number of carbonyl (C=O) groups is 1. The average Bonchev–Trinajstić information content (AvgIpc) is 2.97. The molecule has 104 valence electrons. The monoisotopic (exact) mass is 278 g/mol. The summed E-state index contributed by atoms with van der Waals surface area (Å²) in [6.07, 6.45) is 3.37. The number of hydrogen-bond donors (Lipinski definition) is 2. The molecule has 5 heteroatoms. The average molecular weight is 278 g/mol. The Morgan fingerprint density at radius 3 is 2.67 bits per heavy atom. The van der Waals surface area contributed by atoms with Gasteiger partial charge in [-0.05, 0) is 30.3 Å². The zero-order valence-corrected chi connectivity index (χ0v) is 11.2. The standard InChI is InChI=1S/C16H14N4O/c17-13-6-4-5-12(9-13)16(21)19-14-10-18-20(11-14)15-7-2-1-3-8-15/h1-11H,17H2,(H,19,21). The van der Waals surface area contributed by atoms with Gasteiger partial charge in [-0.1, -0.05) is 24.3 Å². The van der Waals surface area contributed by atoms with Gasteiger partial charge < -0.3 is 11.1 Å². The maximum Gasteiger partial charge on any atom is 0.255 e. The quantitative estimate of drug-likeness (QED) is 0.723. The number of anilines is 2. The van der Waals surface area contributed by atoms with E-state index in [9.17, 15) is 4.79 Å². The van der Waals surface area contributed by atoms with Crippen LogP contribution in [0.2, 0.25) is 0 Å². The SMILES string of the molecule is Nc1cccc(C(=O)Nc2cnn(-c3ccccc3)c2)c1. The van der Waals surface area contributed by atoms with Crippen molar-refractivity contribution in [2.45, 2.75) is 0 Å². The van der Waals surface area contributed by atoms with Crippen molar-refractivity contribution in [1.29, 1.82) is 0 Å². The minimum Gasteiger partial charge on any atom is -0.399 e. The number of carbonyl (C=O) groups excluding carboxylic acids is 1. The first kappa shape index (κ1) is 12.9. The Morgan fingerprint density at radius 1 is 1.10 bits per heavy atom. The third kappa shape index (κ3) is 2.92. The third-order valence-corrected chi connectivity index (χ3v) is 3.01. The summed E-state index contributed by atoms with van der Waals surface area (Å²) in [6.45, 7) is 0. The molecule has 1 amide bonds. The lowest BCUT2D eigenvalue weighted by atomic mass is 10.2. The lowest BCUT2D eigenvalue weighted by Gasteiger charge is -2.03. The number of nitrogens with zero attached hydrogens (tertiary/aromatic N) is 2. The number of nitrogens with two attached hydrogens (primary N) is 1. The predicted octanol–water partition coefficient (Wildman–Crippen LogP) is 2.71. The predicted molar refractivity (Wildman–Crippen MR) is 82.4 cm³/mol. The topological polar surface area (TPSA) is 72.9 Å². The fourth-order valence-electron chi connectivity index (χ4n) is 1.99. The molecule has 0 spiro atoms. The largest absolute Gasteiger partial charge is 0.399 e. The van der Waals surface area contributed by atoms with Crippen LogP contribution in [0, 0.1) is 0 Å². The highest BCUT2D eigenvalue weighted by molar-refractivity contribution is 6.04. The second-order valence-corrected chi connectivity index (χ2v) is 4.59. The molecule has 0 fully saturated rings. The second-order valence-electron chi connectivity index (χ2n) is 4.59. The second kappa shape index (κ2) is 5.50. The number of nitrogen functional groups attached to an aromatic ring is 1. The van der Waals surface area contributed by atoms with Gasteiger partial charge in [0.25, 0.3) is 5.91 Å². The van der Waals surface area contributed by atoms with E-state index in [2.05, 4.69) is 10.4 Å². The van der Waals surface area contributed by atoms with Gasteiger partial charge in [0.2, 0.25) is 0 Å². The molecule has 0 unspecified atom stereocenters. The molecule has 0 bridgehead atoms. The summed E-state index contributed by atoms with van der Waals surface area (Å²) in [7, 11) is 0.